The van der Waals surface area contributed by atoms with Gasteiger partial charge < -0.3 is 4.90 Å². The van der Waals surface area contributed by atoms with Crippen LogP contribution in [0.4, 0.5) is 0 Å². The topological polar surface area (TPSA) is 29.0 Å². The van der Waals surface area contributed by atoms with Crippen molar-refractivity contribution in [3.8, 4) is 0 Å². The molecule has 2 heterocycles. The van der Waals surface area contributed by atoms with Gasteiger partial charge in [0, 0.05) is 12.5 Å². The van der Waals surface area contributed by atoms with Gasteiger partial charge in [0.05, 0.1) is 16.9 Å². The Morgan fingerprint density at radius 2 is 2.47 bits per heavy atom. The van der Waals surface area contributed by atoms with Crippen LogP contribution in [0.1, 0.15) is 31.4 Å². The summed E-state index contributed by atoms with van der Waals surface area (Å²) < 4.78 is 0. The Balaban J connectivity index is 2.09. The minimum absolute atomic E-state index is 0.505. The van der Waals surface area contributed by atoms with E-state index in [0.717, 1.165) is 18.8 Å². The zero-order valence-corrected chi connectivity index (χ0v) is 9.74. The van der Waals surface area contributed by atoms with Crippen LogP contribution in [0.2, 0.25) is 5.02 Å². The van der Waals surface area contributed by atoms with Gasteiger partial charge in [0.15, 0.2) is 0 Å². The maximum Gasteiger partial charge on any atom is 0.0689 e. The quantitative estimate of drug-likeness (QED) is 0.774. The third-order valence-corrected chi connectivity index (χ3v) is 3.22. The Morgan fingerprint density at radius 1 is 1.60 bits per heavy atom. The highest BCUT2D eigenvalue weighted by Gasteiger charge is 2.21. The van der Waals surface area contributed by atoms with E-state index in [-0.39, 0.29) is 0 Å². The van der Waals surface area contributed by atoms with Crippen LogP contribution in [0.15, 0.2) is 12.3 Å². The van der Waals surface area contributed by atoms with Gasteiger partial charge in [0.25, 0.3) is 0 Å². The molecule has 2 rings (SSSR count). The fourth-order valence-corrected chi connectivity index (χ4v) is 2.30. The Hall–Kier alpha value is -0.670. The minimum atomic E-state index is 0.505. The molecule has 0 N–H and O–H groups in total. The number of hydrogen-bond donors (Lipinski definition) is 0. The van der Waals surface area contributed by atoms with Crippen molar-refractivity contribution in [2.24, 2.45) is 0 Å². The van der Waals surface area contributed by atoms with Gasteiger partial charge in [0.2, 0.25) is 0 Å². The lowest BCUT2D eigenvalue weighted by atomic mass is 9.94. The molecule has 82 valence electrons. The summed E-state index contributed by atoms with van der Waals surface area (Å²) >= 11 is 5.92. The van der Waals surface area contributed by atoms with E-state index in [4.69, 9.17) is 11.6 Å². The fraction of sp³-hybridized carbons (Fsp3) is 0.636. The second kappa shape index (κ2) is 4.90. The van der Waals surface area contributed by atoms with Gasteiger partial charge in [-0.05, 0) is 32.0 Å². The summed E-state index contributed by atoms with van der Waals surface area (Å²) in [6.45, 7) is 5.61. The Labute approximate surface area is 95.5 Å². The second-order valence-electron chi connectivity index (χ2n) is 4.03. The minimum Gasteiger partial charge on any atom is -0.303 e. The van der Waals surface area contributed by atoms with E-state index in [0.29, 0.717) is 10.9 Å². The van der Waals surface area contributed by atoms with E-state index in [1.165, 1.54) is 19.4 Å². The summed E-state index contributed by atoms with van der Waals surface area (Å²) in [4.78, 5) is 2.46. The van der Waals surface area contributed by atoms with E-state index in [1.54, 1.807) is 6.20 Å². The molecule has 0 aromatic carbocycles. The predicted octanol–water partition coefficient (Wildman–Crippen LogP) is 2.33. The van der Waals surface area contributed by atoms with Crippen molar-refractivity contribution in [3.05, 3.63) is 23.0 Å². The first-order valence-corrected chi connectivity index (χ1v) is 5.88. The zero-order chi connectivity index (χ0) is 10.7. The van der Waals surface area contributed by atoms with Crippen LogP contribution in [0, 0.1) is 0 Å². The van der Waals surface area contributed by atoms with Crippen molar-refractivity contribution in [3.63, 3.8) is 0 Å². The molecule has 1 unspecified atom stereocenters. The lowest BCUT2D eigenvalue weighted by Gasteiger charge is -2.31. The molecule has 1 atom stereocenters. The van der Waals surface area contributed by atoms with Gasteiger partial charge in [-0.25, -0.2) is 0 Å². The van der Waals surface area contributed by atoms with Gasteiger partial charge in [-0.1, -0.05) is 18.5 Å². The molecule has 1 saturated heterocycles. The molecule has 15 heavy (non-hydrogen) atoms. The maximum absolute atomic E-state index is 5.92. The average molecular weight is 226 g/mol. The Morgan fingerprint density at radius 3 is 3.20 bits per heavy atom. The van der Waals surface area contributed by atoms with Gasteiger partial charge >= 0.3 is 0 Å². The molecular weight excluding hydrogens is 210 g/mol. The smallest absolute Gasteiger partial charge is 0.0689 e. The van der Waals surface area contributed by atoms with Gasteiger partial charge in [-0.3, -0.25) is 0 Å². The molecule has 4 heteroatoms. The fourth-order valence-electron chi connectivity index (χ4n) is 2.14. The molecule has 1 fully saturated rings. The first-order valence-electron chi connectivity index (χ1n) is 5.50. The van der Waals surface area contributed by atoms with Crippen LogP contribution >= 0.6 is 11.6 Å². The number of halogens is 1. The lowest BCUT2D eigenvalue weighted by molar-refractivity contribution is 0.215. The van der Waals surface area contributed by atoms with Gasteiger partial charge in [0.1, 0.15) is 0 Å². The van der Waals surface area contributed by atoms with Gasteiger partial charge in [-0.2, -0.15) is 10.2 Å². The van der Waals surface area contributed by atoms with Crippen molar-refractivity contribution in [1.82, 2.24) is 15.1 Å². The molecule has 0 saturated carbocycles. The van der Waals surface area contributed by atoms with Crippen molar-refractivity contribution < 1.29 is 0 Å². The number of likely N-dealkylation sites (tertiary alicyclic amines) is 1. The van der Waals surface area contributed by atoms with Crippen LogP contribution in [-0.4, -0.2) is 34.7 Å². The monoisotopic (exact) mass is 225 g/mol. The highest BCUT2D eigenvalue weighted by atomic mass is 35.5. The van der Waals surface area contributed by atoms with Crippen molar-refractivity contribution in [2.45, 2.75) is 25.7 Å². The van der Waals surface area contributed by atoms with Gasteiger partial charge in [-0.15, -0.1) is 0 Å². The molecule has 1 aromatic heterocycles. The number of piperidine rings is 1. The van der Waals surface area contributed by atoms with Crippen molar-refractivity contribution in [1.29, 1.82) is 0 Å². The number of nitrogens with zero attached hydrogens (tertiary/aromatic N) is 3. The SMILES string of the molecule is CCN1CCCC(c2cc(Cl)cnn2)C1. The summed E-state index contributed by atoms with van der Waals surface area (Å²) in [5, 5.41) is 8.77. The molecular formula is C11H16ClN3. The normalized spacial score (nSPS) is 22.9. The number of likely N-dealkylation sites (N-methyl/N-ethyl adjacent to an activating group) is 1. The second-order valence-corrected chi connectivity index (χ2v) is 4.47. The third-order valence-electron chi connectivity index (χ3n) is 3.01. The largest absolute Gasteiger partial charge is 0.303 e. The molecule has 1 aliphatic heterocycles. The van der Waals surface area contributed by atoms with E-state index >= 15 is 0 Å². The number of aromatic nitrogens is 2. The molecule has 1 aromatic rings. The summed E-state index contributed by atoms with van der Waals surface area (Å²) in [6.07, 6.45) is 4.03. The van der Waals surface area contributed by atoms with E-state index in [9.17, 15) is 0 Å². The van der Waals surface area contributed by atoms with Crippen LogP contribution in [0.25, 0.3) is 0 Å². The first-order chi connectivity index (χ1) is 7.29. The van der Waals surface area contributed by atoms with E-state index < -0.39 is 0 Å². The third kappa shape index (κ3) is 2.67. The van der Waals surface area contributed by atoms with Crippen LogP contribution < -0.4 is 0 Å². The Kier molecular flexibility index (Phi) is 3.54. The number of rotatable bonds is 2. The molecule has 0 spiro atoms. The molecule has 0 bridgehead atoms. The maximum atomic E-state index is 5.92. The molecule has 1 aliphatic rings. The van der Waals surface area contributed by atoms with E-state index in [1.807, 2.05) is 6.07 Å². The highest BCUT2D eigenvalue weighted by molar-refractivity contribution is 6.30. The van der Waals surface area contributed by atoms with E-state index in [2.05, 4.69) is 22.0 Å². The van der Waals surface area contributed by atoms with Crippen molar-refractivity contribution in [2.75, 3.05) is 19.6 Å². The standard InChI is InChI=1S/C11H16ClN3/c1-2-15-5-3-4-9(8-15)11-6-10(12)7-13-14-11/h6-7,9H,2-5,8H2,1H3. The number of hydrogen-bond acceptors (Lipinski definition) is 3. The molecule has 0 amide bonds. The lowest BCUT2D eigenvalue weighted by Crippen LogP contribution is -2.34. The average Bonchev–Trinajstić information content (AvgIpc) is 2.29. The predicted molar refractivity (Wildman–Crippen MR) is 61.1 cm³/mol. The molecule has 3 nitrogen and oxygen atoms in total. The van der Waals surface area contributed by atoms with Crippen LogP contribution in [-0.2, 0) is 0 Å². The zero-order valence-electron chi connectivity index (χ0n) is 8.99. The molecule has 0 radical (unpaired) electrons. The highest BCUT2D eigenvalue weighted by Crippen LogP contribution is 2.26. The Bertz CT molecular complexity index is 329. The summed E-state index contributed by atoms with van der Waals surface area (Å²) in [6, 6.07) is 1.94. The van der Waals surface area contributed by atoms with Crippen molar-refractivity contribution >= 4 is 11.6 Å². The van der Waals surface area contributed by atoms with Crippen LogP contribution in [0.3, 0.4) is 0 Å². The summed E-state index contributed by atoms with van der Waals surface area (Å²) in [5.74, 6) is 0.505. The van der Waals surface area contributed by atoms with Crippen LogP contribution in [0.5, 0.6) is 0 Å². The summed E-state index contributed by atoms with van der Waals surface area (Å²) in [7, 11) is 0. The first kappa shape index (κ1) is 10.8. The summed E-state index contributed by atoms with van der Waals surface area (Å²) in [5.41, 5.74) is 1.04. The molecule has 0 aliphatic carbocycles.